The highest BCUT2D eigenvalue weighted by Crippen LogP contribution is 2.15. The molecule has 0 saturated heterocycles. The Labute approximate surface area is 115 Å². The molecule has 0 radical (unpaired) electrons. The van der Waals surface area contributed by atoms with Crippen LogP contribution in [0.4, 0.5) is 0 Å². The maximum Gasteiger partial charge on any atom is 0.325 e. The van der Waals surface area contributed by atoms with Gasteiger partial charge in [0.25, 0.3) is 0 Å². The number of hydrogen-bond donors (Lipinski definition) is 1. The van der Waals surface area contributed by atoms with Crippen molar-refractivity contribution in [3.05, 3.63) is 17.5 Å². The third-order valence-corrected chi connectivity index (χ3v) is 3.35. The summed E-state index contributed by atoms with van der Waals surface area (Å²) in [6, 6.07) is 2.06. The van der Waals surface area contributed by atoms with Crippen molar-refractivity contribution >= 4 is 5.97 Å². The summed E-state index contributed by atoms with van der Waals surface area (Å²) in [6.45, 7) is 9.47. The Morgan fingerprint density at radius 2 is 2.21 bits per heavy atom. The highest BCUT2D eigenvalue weighted by molar-refractivity contribution is 5.80. The molecule has 0 aliphatic rings. The molecule has 108 valence electrons. The van der Waals surface area contributed by atoms with Crippen LogP contribution in [0.5, 0.6) is 0 Å². The topological polar surface area (TPSA) is 56.2 Å². The van der Waals surface area contributed by atoms with Gasteiger partial charge in [-0.05, 0) is 46.2 Å². The number of ether oxygens (including phenoxy) is 1. The first kappa shape index (κ1) is 15.7. The van der Waals surface area contributed by atoms with Crippen LogP contribution in [-0.4, -0.2) is 34.9 Å². The van der Waals surface area contributed by atoms with Crippen molar-refractivity contribution < 1.29 is 9.53 Å². The summed E-state index contributed by atoms with van der Waals surface area (Å²) < 4.78 is 6.86. The van der Waals surface area contributed by atoms with E-state index in [0.717, 1.165) is 37.3 Å². The second-order valence-electron chi connectivity index (χ2n) is 5.11. The fourth-order valence-corrected chi connectivity index (χ4v) is 2.36. The number of nitrogens with zero attached hydrogens (tertiary/aromatic N) is 2. The summed E-state index contributed by atoms with van der Waals surface area (Å²) in [7, 11) is 1.43. The summed E-state index contributed by atoms with van der Waals surface area (Å²) >= 11 is 0. The highest BCUT2D eigenvalue weighted by atomic mass is 16.5. The third kappa shape index (κ3) is 4.06. The lowest BCUT2D eigenvalue weighted by molar-refractivity contribution is -0.148. The van der Waals surface area contributed by atoms with Gasteiger partial charge in [0.2, 0.25) is 0 Å². The largest absolute Gasteiger partial charge is 0.468 e. The number of esters is 1. The van der Waals surface area contributed by atoms with E-state index >= 15 is 0 Å². The van der Waals surface area contributed by atoms with E-state index in [4.69, 9.17) is 4.74 Å². The highest BCUT2D eigenvalue weighted by Gasteiger charge is 2.32. The third-order valence-electron chi connectivity index (χ3n) is 3.35. The molecule has 0 saturated carbocycles. The molecule has 1 atom stereocenters. The van der Waals surface area contributed by atoms with Gasteiger partial charge >= 0.3 is 5.97 Å². The van der Waals surface area contributed by atoms with E-state index in [2.05, 4.69) is 16.5 Å². The number of nitrogens with one attached hydrogen (secondary N) is 1. The number of aryl methyl sites for hydroxylation is 3. The van der Waals surface area contributed by atoms with E-state index in [-0.39, 0.29) is 5.97 Å². The van der Waals surface area contributed by atoms with Crippen LogP contribution < -0.4 is 5.32 Å². The zero-order chi connectivity index (χ0) is 14.5. The lowest BCUT2D eigenvalue weighted by Gasteiger charge is -2.27. The normalized spacial score (nSPS) is 14.2. The molecular weight excluding hydrogens is 242 g/mol. The summed E-state index contributed by atoms with van der Waals surface area (Å²) in [5, 5.41) is 7.63. The molecule has 0 aliphatic carbocycles. The van der Waals surface area contributed by atoms with Gasteiger partial charge in [0.05, 0.1) is 12.8 Å². The smallest absolute Gasteiger partial charge is 0.325 e. The van der Waals surface area contributed by atoms with Crippen LogP contribution in [0.15, 0.2) is 6.07 Å². The van der Waals surface area contributed by atoms with Gasteiger partial charge in [-0.2, -0.15) is 5.10 Å². The van der Waals surface area contributed by atoms with Crippen LogP contribution in [0.1, 0.15) is 38.1 Å². The standard InChI is InChI=1S/C14H25N3O2/c1-6-15-14(4,13(18)19-5)8-7-9-17-12(3)10-11(2)16-17/h10,15H,6-9H2,1-5H3. The van der Waals surface area contributed by atoms with Gasteiger partial charge in [0.15, 0.2) is 0 Å². The average Bonchev–Trinajstić information content (AvgIpc) is 2.67. The summed E-state index contributed by atoms with van der Waals surface area (Å²) in [4.78, 5) is 11.8. The minimum atomic E-state index is -0.612. The van der Waals surface area contributed by atoms with E-state index < -0.39 is 5.54 Å². The van der Waals surface area contributed by atoms with E-state index in [1.54, 1.807) is 0 Å². The zero-order valence-corrected chi connectivity index (χ0v) is 12.6. The van der Waals surface area contributed by atoms with Gasteiger partial charge in [-0.15, -0.1) is 0 Å². The van der Waals surface area contributed by atoms with Gasteiger partial charge in [-0.3, -0.25) is 9.48 Å². The Hall–Kier alpha value is -1.36. The van der Waals surface area contributed by atoms with Gasteiger partial charge in [0.1, 0.15) is 5.54 Å². The van der Waals surface area contributed by atoms with E-state index in [9.17, 15) is 4.79 Å². The van der Waals surface area contributed by atoms with E-state index in [0.29, 0.717) is 0 Å². The molecule has 19 heavy (non-hydrogen) atoms. The summed E-state index contributed by atoms with van der Waals surface area (Å²) in [5.74, 6) is -0.206. The lowest BCUT2D eigenvalue weighted by Crippen LogP contribution is -2.50. The van der Waals surface area contributed by atoms with Crippen LogP contribution in [-0.2, 0) is 16.1 Å². The summed E-state index contributed by atoms with van der Waals surface area (Å²) in [6.07, 6.45) is 1.60. The predicted octanol–water partition coefficient (Wildman–Crippen LogP) is 1.82. The number of carbonyl (C=O) groups is 1. The van der Waals surface area contributed by atoms with Crippen molar-refractivity contribution in [3.63, 3.8) is 0 Å². The van der Waals surface area contributed by atoms with Gasteiger partial charge in [0, 0.05) is 12.2 Å². The van der Waals surface area contributed by atoms with Crippen LogP contribution in [0.25, 0.3) is 0 Å². The number of methoxy groups -OCH3 is 1. The minimum Gasteiger partial charge on any atom is -0.468 e. The Balaban J connectivity index is 2.58. The SMILES string of the molecule is CCNC(C)(CCCn1nc(C)cc1C)C(=O)OC. The Morgan fingerprint density at radius 3 is 2.68 bits per heavy atom. The van der Waals surface area contributed by atoms with Crippen molar-refractivity contribution in [2.75, 3.05) is 13.7 Å². The van der Waals surface area contributed by atoms with Gasteiger partial charge < -0.3 is 10.1 Å². The molecule has 1 heterocycles. The molecular formula is C14H25N3O2. The second-order valence-corrected chi connectivity index (χ2v) is 5.11. The Kier molecular flexibility index (Phi) is 5.54. The Bertz CT molecular complexity index is 428. The fraction of sp³-hybridized carbons (Fsp3) is 0.714. The molecule has 1 aromatic rings. The molecule has 0 bridgehead atoms. The molecule has 0 aliphatic heterocycles. The Morgan fingerprint density at radius 1 is 1.53 bits per heavy atom. The number of rotatable bonds is 7. The number of hydrogen-bond acceptors (Lipinski definition) is 4. The second kappa shape index (κ2) is 6.70. The van der Waals surface area contributed by atoms with Gasteiger partial charge in [-0.1, -0.05) is 6.92 Å². The molecule has 0 aromatic carbocycles. The average molecular weight is 267 g/mol. The molecule has 0 fully saturated rings. The van der Waals surface area contributed by atoms with E-state index in [1.807, 2.05) is 32.4 Å². The zero-order valence-electron chi connectivity index (χ0n) is 12.6. The van der Waals surface area contributed by atoms with Crippen LogP contribution in [0.2, 0.25) is 0 Å². The molecule has 0 spiro atoms. The molecule has 5 heteroatoms. The van der Waals surface area contributed by atoms with Crippen LogP contribution >= 0.6 is 0 Å². The molecule has 0 amide bonds. The molecule has 1 unspecified atom stereocenters. The first-order chi connectivity index (χ1) is 8.92. The molecule has 1 aromatic heterocycles. The van der Waals surface area contributed by atoms with Crippen molar-refractivity contribution in [2.24, 2.45) is 0 Å². The lowest BCUT2D eigenvalue weighted by atomic mass is 9.95. The van der Waals surface area contributed by atoms with Crippen molar-refractivity contribution in [1.82, 2.24) is 15.1 Å². The monoisotopic (exact) mass is 267 g/mol. The number of carbonyl (C=O) groups excluding carboxylic acids is 1. The maximum atomic E-state index is 11.8. The number of likely N-dealkylation sites (N-methyl/N-ethyl adjacent to an activating group) is 1. The number of aromatic nitrogens is 2. The molecule has 5 nitrogen and oxygen atoms in total. The van der Waals surface area contributed by atoms with Crippen molar-refractivity contribution in [3.8, 4) is 0 Å². The first-order valence-corrected chi connectivity index (χ1v) is 6.77. The quantitative estimate of drug-likeness (QED) is 0.766. The van der Waals surface area contributed by atoms with Crippen LogP contribution in [0, 0.1) is 13.8 Å². The fourth-order valence-electron chi connectivity index (χ4n) is 2.36. The molecule has 1 rings (SSSR count). The molecule has 1 N–H and O–H groups in total. The first-order valence-electron chi connectivity index (χ1n) is 6.77. The van der Waals surface area contributed by atoms with Gasteiger partial charge in [-0.25, -0.2) is 0 Å². The minimum absolute atomic E-state index is 0.206. The van der Waals surface area contributed by atoms with Crippen LogP contribution in [0.3, 0.4) is 0 Å². The maximum absolute atomic E-state index is 11.8. The van der Waals surface area contributed by atoms with Crippen molar-refractivity contribution in [2.45, 2.75) is 52.6 Å². The van der Waals surface area contributed by atoms with E-state index in [1.165, 1.54) is 7.11 Å². The summed E-state index contributed by atoms with van der Waals surface area (Å²) in [5.41, 5.74) is 1.57. The van der Waals surface area contributed by atoms with Crippen molar-refractivity contribution in [1.29, 1.82) is 0 Å². The predicted molar refractivity (Wildman–Crippen MR) is 75.0 cm³/mol.